The van der Waals surface area contributed by atoms with E-state index in [2.05, 4.69) is 4.98 Å². The first kappa shape index (κ1) is 13.8. The van der Waals surface area contributed by atoms with Gasteiger partial charge in [-0.15, -0.1) is 0 Å². The summed E-state index contributed by atoms with van der Waals surface area (Å²) in [5, 5.41) is 0.164. The smallest absolute Gasteiger partial charge is 0.267 e. The second kappa shape index (κ2) is 5.54. The van der Waals surface area contributed by atoms with E-state index in [1.54, 1.807) is 0 Å². The zero-order valence-corrected chi connectivity index (χ0v) is 10.1. The van der Waals surface area contributed by atoms with Gasteiger partial charge in [-0.05, 0) is 24.3 Å². The van der Waals surface area contributed by atoms with Crippen LogP contribution in [0.1, 0.15) is 20.7 Å². The van der Waals surface area contributed by atoms with Crippen molar-refractivity contribution in [3.05, 3.63) is 65.5 Å². The van der Waals surface area contributed by atoms with E-state index in [-0.39, 0.29) is 10.6 Å². The maximum atomic E-state index is 13.5. The Bertz CT molecular complexity index is 642. The SMILES string of the molecule is NN(C(=O)c1ccncc1)C(=O)c1c(F)cccc1F. The van der Waals surface area contributed by atoms with Gasteiger partial charge in [-0.1, -0.05) is 6.07 Å². The number of nitrogens with two attached hydrogens (primary N) is 1. The van der Waals surface area contributed by atoms with Crippen LogP contribution in [-0.2, 0) is 0 Å². The Balaban J connectivity index is 2.32. The molecule has 0 radical (unpaired) electrons. The van der Waals surface area contributed by atoms with Gasteiger partial charge in [0.1, 0.15) is 17.2 Å². The quantitative estimate of drug-likeness (QED) is 0.391. The van der Waals surface area contributed by atoms with E-state index < -0.39 is 29.0 Å². The minimum absolute atomic E-state index is 0.0765. The second-order valence-corrected chi connectivity index (χ2v) is 3.81. The van der Waals surface area contributed by atoms with E-state index in [0.29, 0.717) is 0 Å². The van der Waals surface area contributed by atoms with Gasteiger partial charge >= 0.3 is 0 Å². The first-order valence-electron chi connectivity index (χ1n) is 5.50. The number of amides is 2. The number of pyridine rings is 1. The largest absolute Gasteiger partial charge is 0.281 e. The summed E-state index contributed by atoms with van der Waals surface area (Å²) >= 11 is 0. The summed E-state index contributed by atoms with van der Waals surface area (Å²) in [6.45, 7) is 0. The van der Waals surface area contributed by atoms with Crippen LogP contribution in [0.4, 0.5) is 8.78 Å². The summed E-state index contributed by atoms with van der Waals surface area (Å²) in [5.41, 5.74) is -0.801. The topological polar surface area (TPSA) is 76.3 Å². The molecule has 5 nitrogen and oxygen atoms in total. The van der Waals surface area contributed by atoms with Gasteiger partial charge in [0, 0.05) is 18.0 Å². The van der Waals surface area contributed by atoms with Crippen molar-refractivity contribution in [1.82, 2.24) is 9.99 Å². The van der Waals surface area contributed by atoms with Crippen LogP contribution in [0.5, 0.6) is 0 Å². The Morgan fingerprint density at radius 2 is 1.55 bits per heavy atom. The minimum atomic E-state index is -1.26. The molecule has 0 aliphatic carbocycles. The van der Waals surface area contributed by atoms with E-state index in [0.717, 1.165) is 18.2 Å². The average molecular weight is 277 g/mol. The number of carbonyl (C=O) groups excluding carboxylic acids is 2. The lowest BCUT2D eigenvalue weighted by Crippen LogP contribution is -2.43. The third kappa shape index (κ3) is 2.52. The number of hydrazine groups is 1. The Kier molecular flexibility index (Phi) is 3.81. The molecule has 0 bridgehead atoms. The van der Waals surface area contributed by atoms with Crippen molar-refractivity contribution in [3.8, 4) is 0 Å². The summed E-state index contributed by atoms with van der Waals surface area (Å²) in [7, 11) is 0. The van der Waals surface area contributed by atoms with E-state index in [1.165, 1.54) is 24.5 Å². The minimum Gasteiger partial charge on any atom is -0.267 e. The molecule has 102 valence electrons. The summed E-state index contributed by atoms with van der Waals surface area (Å²) in [6.07, 6.45) is 2.66. The molecular formula is C13H9F2N3O2. The molecule has 1 heterocycles. The van der Waals surface area contributed by atoms with Gasteiger partial charge in [0.25, 0.3) is 11.8 Å². The molecule has 1 aromatic heterocycles. The van der Waals surface area contributed by atoms with Gasteiger partial charge in [0.05, 0.1) is 0 Å². The van der Waals surface area contributed by atoms with Crippen LogP contribution in [0, 0.1) is 11.6 Å². The third-order valence-electron chi connectivity index (χ3n) is 2.54. The van der Waals surface area contributed by atoms with E-state index in [1.807, 2.05) is 0 Å². The number of benzene rings is 1. The van der Waals surface area contributed by atoms with Gasteiger partial charge in [-0.3, -0.25) is 14.6 Å². The molecule has 1 aromatic carbocycles. The number of aromatic nitrogens is 1. The van der Waals surface area contributed by atoms with Gasteiger partial charge in [-0.2, -0.15) is 0 Å². The van der Waals surface area contributed by atoms with Gasteiger partial charge in [-0.25, -0.2) is 19.6 Å². The fourth-order valence-corrected chi connectivity index (χ4v) is 1.55. The number of rotatable bonds is 2. The molecule has 0 aliphatic heterocycles. The molecule has 2 N–H and O–H groups in total. The number of imide groups is 1. The van der Waals surface area contributed by atoms with Crippen molar-refractivity contribution in [3.63, 3.8) is 0 Å². The van der Waals surface area contributed by atoms with Crippen LogP contribution < -0.4 is 5.84 Å². The van der Waals surface area contributed by atoms with Crippen molar-refractivity contribution in [2.75, 3.05) is 0 Å². The van der Waals surface area contributed by atoms with Crippen molar-refractivity contribution in [1.29, 1.82) is 0 Å². The van der Waals surface area contributed by atoms with Crippen LogP contribution in [-0.4, -0.2) is 21.8 Å². The molecule has 0 saturated heterocycles. The predicted octanol–water partition coefficient (Wildman–Crippen LogP) is 1.52. The lowest BCUT2D eigenvalue weighted by molar-refractivity contribution is 0.0610. The standard InChI is InChI=1S/C13H9F2N3O2/c14-9-2-1-3-10(15)11(9)13(20)18(16)12(19)8-4-6-17-7-5-8/h1-7H,16H2. The molecular weight excluding hydrogens is 268 g/mol. The lowest BCUT2D eigenvalue weighted by Gasteiger charge is -2.15. The molecule has 2 amide bonds. The summed E-state index contributed by atoms with van der Waals surface area (Å²) in [5.74, 6) is 1.01. The Morgan fingerprint density at radius 3 is 2.10 bits per heavy atom. The highest BCUT2D eigenvalue weighted by atomic mass is 19.1. The zero-order valence-electron chi connectivity index (χ0n) is 10.1. The summed E-state index contributed by atoms with van der Waals surface area (Å²) in [6, 6.07) is 5.56. The van der Waals surface area contributed by atoms with E-state index in [9.17, 15) is 18.4 Å². The Hall–Kier alpha value is -2.67. The first-order chi connectivity index (χ1) is 9.52. The zero-order chi connectivity index (χ0) is 14.7. The molecule has 0 unspecified atom stereocenters. The second-order valence-electron chi connectivity index (χ2n) is 3.81. The highest BCUT2D eigenvalue weighted by Gasteiger charge is 2.26. The molecule has 2 aromatic rings. The number of hydrogen-bond donors (Lipinski definition) is 1. The number of nitrogens with zero attached hydrogens (tertiary/aromatic N) is 2. The van der Waals surface area contributed by atoms with Gasteiger partial charge < -0.3 is 0 Å². The highest BCUT2D eigenvalue weighted by molar-refractivity contribution is 6.09. The van der Waals surface area contributed by atoms with Gasteiger partial charge in [0.15, 0.2) is 0 Å². The third-order valence-corrected chi connectivity index (χ3v) is 2.54. The number of halogens is 2. The summed E-state index contributed by atoms with van der Waals surface area (Å²) < 4.78 is 26.9. The molecule has 0 saturated carbocycles. The number of carbonyl (C=O) groups is 2. The normalized spacial score (nSPS) is 10.2. The van der Waals surface area contributed by atoms with E-state index in [4.69, 9.17) is 5.84 Å². The summed E-state index contributed by atoms with van der Waals surface area (Å²) in [4.78, 5) is 27.5. The lowest BCUT2D eigenvalue weighted by atomic mass is 10.1. The van der Waals surface area contributed by atoms with Crippen molar-refractivity contribution < 1.29 is 18.4 Å². The maximum Gasteiger partial charge on any atom is 0.281 e. The first-order valence-corrected chi connectivity index (χ1v) is 5.50. The molecule has 7 heteroatoms. The molecule has 0 fully saturated rings. The molecule has 0 atom stereocenters. The molecule has 0 aliphatic rings. The molecule has 2 rings (SSSR count). The monoisotopic (exact) mass is 277 g/mol. The van der Waals surface area contributed by atoms with Crippen molar-refractivity contribution >= 4 is 11.8 Å². The van der Waals surface area contributed by atoms with Gasteiger partial charge in [0.2, 0.25) is 0 Å². The fourth-order valence-electron chi connectivity index (χ4n) is 1.55. The van der Waals surface area contributed by atoms with Crippen molar-refractivity contribution in [2.24, 2.45) is 5.84 Å². The number of hydrogen-bond acceptors (Lipinski definition) is 4. The van der Waals surface area contributed by atoms with Crippen molar-refractivity contribution in [2.45, 2.75) is 0 Å². The van der Waals surface area contributed by atoms with Crippen LogP contribution in [0.3, 0.4) is 0 Å². The highest BCUT2D eigenvalue weighted by Crippen LogP contribution is 2.14. The fraction of sp³-hybridized carbons (Fsp3) is 0. The predicted molar refractivity (Wildman–Crippen MR) is 65.3 cm³/mol. The van der Waals surface area contributed by atoms with Crippen LogP contribution in [0.2, 0.25) is 0 Å². The maximum absolute atomic E-state index is 13.5. The molecule has 0 spiro atoms. The molecule has 20 heavy (non-hydrogen) atoms. The van der Waals surface area contributed by atoms with E-state index >= 15 is 0 Å². The van der Waals surface area contributed by atoms with Crippen LogP contribution in [0.25, 0.3) is 0 Å². The van der Waals surface area contributed by atoms with Crippen LogP contribution >= 0.6 is 0 Å². The van der Waals surface area contributed by atoms with Crippen LogP contribution in [0.15, 0.2) is 42.7 Å². The average Bonchev–Trinajstić information content (AvgIpc) is 2.46. The Morgan fingerprint density at radius 1 is 1.00 bits per heavy atom. The Labute approximate surface area is 112 Å².